The van der Waals surface area contributed by atoms with Gasteiger partial charge in [-0.05, 0) is 62.7 Å². The van der Waals surface area contributed by atoms with E-state index in [1.807, 2.05) is 44.9 Å². The first-order valence-corrected chi connectivity index (χ1v) is 9.21. The van der Waals surface area contributed by atoms with E-state index in [9.17, 15) is 9.59 Å². The number of aromatic amines is 1. The Balaban J connectivity index is 1.80. The van der Waals surface area contributed by atoms with Crippen molar-refractivity contribution in [3.8, 4) is 0 Å². The van der Waals surface area contributed by atoms with Crippen LogP contribution in [-0.4, -0.2) is 34.5 Å². The molecule has 2 aromatic carbocycles. The van der Waals surface area contributed by atoms with Crippen molar-refractivity contribution in [3.63, 3.8) is 0 Å². The summed E-state index contributed by atoms with van der Waals surface area (Å²) in [5.41, 5.74) is 3.83. The Hall–Kier alpha value is -2.72. The molecule has 3 aromatic rings. The van der Waals surface area contributed by atoms with Crippen LogP contribution in [0.2, 0.25) is 0 Å². The highest BCUT2D eigenvalue weighted by molar-refractivity contribution is 6.05. The van der Waals surface area contributed by atoms with Gasteiger partial charge in [0.15, 0.2) is 11.6 Å². The highest BCUT2D eigenvalue weighted by Crippen LogP contribution is 2.22. The van der Waals surface area contributed by atoms with Crippen molar-refractivity contribution in [2.45, 2.75) is 40.3 Å². The van der Waals surface area contributed by atoms with Crippen LogP contribution >= 0.6 is 0 Å². The number of nitrogens with one attached hydrogen (secondary N) is 1. The highest BCUT2D eigenvalue weighted by Gasteiger charge is 2.25. The summed E-state index contributed by atoms with van der Waals surface area (Å²) in [6.45, 7) is 7.79. The number of aromatic nitrogens is 1. The molecule has 1 aromatic heterocycles. The zero-order chi connectivity index (χ0) is 19.7. The lowest BCUT2D eigenvalue weighted by molar-refractivity contribution is 0.0856. The van der Waals surface area contributed by atoms with Gasteiger partial charge in [-0.3, -0.25) is 14.5 Å². The number of fused-ring (bicyclic) bond motifs is 1. The van der Waals surface area contributed by atoms with Gasteiger partial charge in [0.1, 0.15) is 0 Å². The van der Waals surface area contributed by atoms with Gasteiger partial charge in [0.2, 0.25) is 0 Å². The summed E-state index contributed by atoms with van der Waals surface area (Å²) in [6, 6.07) is 14.3. The van der Waals surface area contributed by atoms with E-state index in [-0.39, 0.29) is 17.6 Å². The Morgan fingerprint density at radius 3 is 2.37 bits per heavy atom. The highest BCUT2D eigenvalue weighted by atomic mass is 16.1. The number of nitrogens with zero attached hydrogens (tertiary/aromatic N) is 1. The minimum absolute atomic E-state index is 0.00592. The number of aryl methyl sites for hydroxylation is 1. The average Bonchev–Trinajstić information content (AvgIpc) is 2.94. The molecule has 140 valence electrons. The lowest BCUT2D eigenvalue weighted by Gasteiger charge is -2.23. The fraction of sp³-hybridized carbons (Fsp3) is 0.304. The number of rotatable bonds is 6. The first-order valence-electron chi connectivity index (χ1n) is 9.21. The smallest absolute Gasteiger partial charge is 0.196 e. The summed E-state index contributed by atoms with van der Waals surface area (Å²) >= 11 is 0. The maximum atomic E-state index is 13.0. The molecule has 1 unspecified atom stereocenters. The molecule has 4 nitrogen and oxygen atoms in total. The summed E-state index contributed by atoms with van der Waals surface area (Å²) < 4.78 is 0. The molecule has 0 spiro atoms. The molecule has 1 N–H and O–H groups in total. The minimum atomic E-state index is -0.298. The predicted octanol–water partition coefficient (Wildman–Crippen LogP) is 4.69. The monoisotopic (exact) mass is 362 g/mol. The molecule has 0 fully saturated rings. The molecule has 0 aliphatic carbocycles. The summed E-state index contributed by atoms with van der Waals surface area (Å²) in [6.07, 6.45) is 0. The summed E-state index contributed by atoms with van der Waals surface area (Å²) in [5, 5.41) is 2.41. The van der Waals surface area contributed by atoms with Crippen LogP contribution in [0.3, 0.4) is 0 Å². The lowest BCUT2D eigenvalue weighted by Crippen LogP contribution is -2.36. The van der Waals surface area contributed by atoms with E-state index >= 15 is 0 Å². The molecular formula is C23H26N2O2. The van der Waals surface area contributed by atoms with Crippen molar-refractivity contribution in [2.24, 2.45) is 0 Å². The number of carbonyl (C=O) groups excluding carboxylic acids is 2. The zero-order valence-corrected chi connectivity index (χ0v) is 16.6. The molecule has 0 bridgehead atoms. The molecule has 0 saturated heterocycles. The normalized spacial score (nSPS) is 12.5. The quantitative estimate of drug-likeness (QED) is 0.647. The van der Waals surface area contributed by atoms with E-state index in [0.29, 0.717) is 17.8 Å². The number of benzene rings is 2. The average molecular weight is 362 g/mol. The zero-order valence-electron chi connectivity index (χ0n) is 16.6. The molecule has 3 rings (SSSR count). The van der Waals surface area contributed by atoms with Gasteiger partial charge in [-0.1, -0.05) is 36.4 Å². The van der Waals surface area contributed by atoms with Crippen LogP contribution < -0.4 is 0 Å². The van der Waals surface area contributed by atoms with Crippen LogP contribution in [0.4, 0.5) is 0 Å². The fourth-order valence-electron chi connectivity index (χ4n) is 3.70. The van der Waals surface area contributed by atoms with E-state index in [0.717, 1.165) is 11.3 Å². The fourth-order valence-corrected chi connectivity index (χ4v) is 3.70. The van der Waals surface area contributed by atoms with Crippen LogP contribution in [0.25, 0.3) is 10.8 Å². The van der Waals surface area contributed by atoms with Crippen molar-refractivity contribution < 1.29 is 9.59 Å². The topological polar surface area (TPSA) is 53.2 Å². The van der Waals surface area contributed by atoms with Gasteiger partial charge in [-0.25, -0.2) is 0 Å². The molecule has 1 heterocycles. The number of likely N-dealkylation sites (N-methyl/N-ethyl adjacent to an activating group) is 1. The summed E-state index contributed by atoms with van der Waals surface area (Å²) in [5.74, 6) is -0.0103. The largest absolute Gasteiger partial charge is 0.355 e. The Kier molecular flexibility index (Phi) is 5.29. The van der Waals surface area contributed by atoms with Gasteiger partial charge < -0.3 is 4.98 Å². The maximum Gasteiger partial charge on any atom is 0.196 e. The number of ketones is 2. The molecule has 0 radical (unpaired) electrons. The third-order valence-corrected chi connectivity index (χ3v) is 5.32. The number of Topliss-reactive ketones (excluding diaryl/α,β-unsaturated/α-hetero) is 2. The van der Waals surface area contributed by atoms with E-state index in [1.165, 1.54) is 23.3 Å². The van der Waals surface area contributed by atoms with E-state index in [2.05, 4.69) is 35.3 Å². The van der Waals surface area contributed by atoms with E-state index in [4.69, 9.17) is 0 Å². The standard InChI is InChI=1S/C23H26N2O2/c1-14-21(17(4)26)15(2)24-22(14)23(27)16(3)25(5)13-18-10-11-19-8-6-7-9-20(19)12-18/h6-12,16,24H,13H2,1-5H3. The molecule has 0 aliphatic heterocycles. The van der Waals surface area contributed by atoms with Crippen LogP contribution in [0, 0.1) is 13.8 Å². The number of H-pyrrole nitrogens is 1. The van der Waals surface area contributed by atoms with Crippen LogP contribution in [0.5, 0.6) is 0 Å². The van der Waals surface area contributed by atoms with Gasteiger partial charge in [-0.2, -0.15) is 0 Å². The molecule has 0 aliphatic rings. The van der Waals surface area contributed by atoms with E-state index < -0.39 is 0 Å². The third-order valence-electron chi connectivity index (χ3n) is 5.32. The van der Waals surface area contributed by atoms with Crippen LogP contribution in [0.15, 0.2) is 42.5 Å². The third kappa shape index (κ3) is 3.71. The number of hydrogen-bond acceptors (Lipinski definition) is 3. The lowest BCUT2D eigenvalue weighted by atomic mass is 10.0. The van der Waals surface area contributed by atoms with Crippen LogP contribution in [-0.2, 0) is 6.54 Å². The maximum absolute atomic E-state index is 13.0. The Bertz CT molecular complexity index is 1020. The SMILES string of the molecule is CC(=O)c1c(C)[nH]c(C(=O)C(C)N(C)Cc2ccc3ccccc3c2)c1C. The van der Waals surface area contributed by atoms with Crippen LogP contribution in [0.1, 0.15) is 51.5 Å². The van der Waals surface area contributed by atoms with Gasteiger partial charge in [0.25, 0.3) is 0 Å². The van der Waals surface area contributed by atoms with Gasteiger partial charge in [-0.15, -0.1) is 0 Å². The molecule has 0 amide bonds. The first-order chi connectivity index (χ1) is 12.8. The van der Waals surface area contributed by atoms with Gasteiger partial charge in [0, 0.05) is 17.8 Å². The Morgan fingerprint density at radius 1 is 1.07 bits per heavy atom. The predicted molar refractivity (Wildman–Crippen MR) is 109 cm³/mol. The van der Waals surface area contributed by atoms with Crippen molar-refractivity contribution in [3.05, 3.63) is 70.5 Å². The second kappa shape index (κ2) is 7.49. The molecular weight excluding hydrogens is 336 g/mol. The summed E-state index contributed by atoms with van der Waals surface area (Å²) in [4.78, 5) is 30.0. The van der Waals surface area contributed by atoms with E-state index in [1.54, 1.807) is 0 Å². The second-order valence-electron chi connectivity index (χ2n) is 7.32. The minimum Gasteiger partial charge on any atom is -0.355 e. The van der Waals surface area contributed by atoms with Gasteiger partial charge in [0.05, 0.1) is 11.7 Å². The van der Waals surface area contributed by atoms with Crippen molar-refractivity contribution in [1.29, 1.82) is 0 Å². The van der Waals surface area contributed by atoms with Crippen molar-refractivity contribution in [2.75, 3.05) is 7.05 Å². The molecule has 1 atom stereocenters. The number of hydrogen-bond donors (Lipinski definition) is 1. The second-order valence-corrected chi connectivity index (χ2v) is 7.32. The number of carbonyl (C=O) groups is 2. The van der Waals surface area contributed by atoms with Crippen molar-refractivity contribution >= 4 is 22.3 Å². The Labute approximate surface area is 160 Å². The molecule has 0 saturated carbocycles. The molecule has 27 heavy (non-hydrogen) atoms. The first kappa shape index (κ1) is 19.1. The van der Waals surface area contributed by atoms with Crippen molar-refractivity contribution in [1.82, 2.24) is 9.88 Å². The van der Waals surface area contributed by atoms with Gasteiger partial charge >= 0.3 is 0 Å². The molecule has 4 heteroatoms. The Morgan fingerprint density at radius 2 is 1.74 bits per heavy atom. The summed E-state index contributed by atoms with van der Waals surface area (Å²) in [7, 11) is 1.95.